The fraction of sp³-hybridized carbons (Fsp3) is 0.921. The van der Waals surface area contributed by atoms with Crippen LogP contribution in [0.5, 0.6) is 0 Å². The molecule has 0 saturated carbocycles. The average Bonchev–Trinajstić information content (AvgIpc) is 3.01. The Morgan fingerprint density at radius 2 is 0.930 bits per heavy atom. The van der Waals surface area contributed by atoms with Crippen molar-refractivity contribution in [3.05, 3.63) is 12.2 Å². The first-order chi connectivity index (χ1) is 21.1. The molecule has 0 saturated heterocycles. The third kappa shape index (κ3) is 29.6. The van der Waals surface area contributed by atoms with Crippen LogP contribution < -0.4 is 5.32 Å². The van der Waals surface area contributed by atoms with E-state index in [9.17, 15) is 20.1 Å². The summed E-state index contributed by atoms with van der Waals surface area (Å²) < 4.78 is 0. The molecule has 0 aliphatic rings. The minimum Gasteiger partial charge on any atom is -0.394 e. The van der Waals surface area contributed by atoms with E-state index >= 15 is 0 Å². The van der Waals surface area contributed by atoms with Crippen molar-refractivity contribution in [1.29, 1.82) is 0 Å². The topological polar surface area (TPSA) is 89.8 Å². The van der Waals surface area contributed by atoms with Crippen LogP contribution in [0.25, 0.3) is 0 Å². The number of aliphatic hydroxyl groups excluding tert-OH is 3. The third-order valence-corrected chi connectivity index (χ3v) is 8.87. The molecule has 0 spiro atoms. The smallest absolute Gasteiger partial charge is 0.220 e. The van der Waals surface area contributed by atoms with Crippen LogP contribution in [-0.4, -0.2) is 46.1 Å². The standard InChI is InChI=1S/C38H75NO4/c1-3-5-7-9-11-13-15-17-18-19-20-21-23-25-27-29-31-33-37(42)39-35(34-40)38(43)36(41)32-30-28-26-24-22-16-14-12-10-8-6-4-2/h24,26,35-36,38,40-41,43H,3-23,25,27-34H2,1-2H3,(H,39,42)/b26-24-/t35-,36+,38-/m0/s1. The monoisotopic (exact) mass is 610 g/mol. The number of hydrogen-bond donors (Lipinski definition) is 4. The fourth-order valence-electron chi connectivity index (χ4n) is 5.87. The third-order valence-electron chi connectivity index (χ3n) is 8.87. The van der Waals surface area contributed by atoms with Crippen LogP contribution >= 0.6 is 0 Å². The van der Waals surface area contributed by atoms with Gasteiger partial charge in [-0.05, 0) is 38.5 Å². The van der Waals surface area contributed by atoms with Gasteiger partial charge in [0.25, 0.3) is 0 Å². The molecule has 5 nitrogen and oxygen atoms in total. The lowest BCUT2D eigenvalue weighted by Gasteiger charge is -2.26. The number of carbonyl (C=O) groups excluding carboxylic acids is 1. The van der Waals surface area contributed by atoms with Crippen molar-refractivity contribution < 1.29 is 20.1 Å². The van der Waals surface area contributed by atoms with E-state index in [1.165, 1.54) is 135 Å². The second kappa shape index (κ2) is 34.0. The van der Waals surface area contributed by atoms with Crippen LogP contribution in [0.4, 0.5) is 0 Å². The van der Waals surface area contributed by atoms with Gasteiger partial charge in [-0.15, -0.1) is 0 Å². The lowest BCUT2D eigenvalue weighted by molar-refractivity contribution is -0.124. The molecule has 256 valence electrons. The summed E-state index contributed by atoms with van der Waals surface area (Å²) >= 11 is 0. The van der Waals surface area contributed by atoms with E-state index in [0.29, 0.717) is 12.8 Å². The van der Waals surface area contributed by atoms with E-state index in [1.54, 1.807) is 0 Å². The van der Waals surface area contributed by atoms with Gasteiger partial charge in [0.2, 0.25) is 5.91 Å². The fourth-order valence-corrected chi connectivity index (χ4v) is 5.87. The average molecular weight is 610 g/mol. The highest BCUT2D eigenvalue weighted by atomic mass is 16.3. The highest BCUT2D eigenvalue weighted by Gasteiger charge is 2.26. The first-order valence-electron chi connectivity index (χ1n) is 19.0. The molecule has 0 aromatic heterocycles. The van der Waals surface area contributed by atoms with Crippen molar-refractivity contribution in [2.45, 2.75) is 218 Å². The SMILES string of the molecule is CCCCCCCCC/C=C\CCC[C@@H](O)[C@@H](O)[C@H](CO)NC(=O)CCCCCCCCCCCCCCCCCCC. The normalized spacial score (nSPS) is 13.9. The van der Waals surface area contributed by atoms with Gasteiger partial charge in [-0.1, -0.05) is 167 Å². The molecule has 43 heavy (non-hydrogen) atoms. The minimum absolute atomic E-state index is 0.153. The van der Waals surface area contributed by atoms with Gasteiger partial charge in [0.15, 0.2) is 0 Å². The number of amides is 1. The van der Waals surface area contributed by atoms with Crippen LogP contribution in [0.2, 0.25) is 0 Å². The number of aliphatic hydroxyl groups is 3. The van der Waals surface area contributed by atoms with Crippen LogP contribution in [0.3, 0.4) is 0 Å². The van der Waals surface area contributed by atoms with Crippen molar-refractivity contribution in [3.63, 3.8) is 0 Å². The van der Waals surface area contributed by atoms with Crippen molar-refractivity contribution in [3.8, 4) is 0 Å². The summed E-state index contributed by atoms with van der Waals surface area (Å²) in [6, 6.07) is -0.818. The van der Waals surface area contributed by atoms with Gasteiger partial charge in [0.05, 0.1) is 18.8 Å². The Bertz CT molecular complexity index is 596. The number of allylic oxidation sites excluding steroid dienone is 2. The van der Waals surface area contributed by atoms with Crippen LogP contribution in [-0.2, 0) is 4.79 Å². The van der Waals surface area contributed by atoms with Crippen LogP contribution in [0.1, 0.15) is 200 Å². The van der Waals surface area contributed by atoms with E-state index in [4.69, 9.17) is 0 Å². The molecule has 0 fully saturated rings. The minimum atomic E-state index is -1.15. The zero-order valence-electron chi connectivity index (χ0n) is 28.8. The first-order valence-corrected chi connectivity index (χ1v) is 19.0. The van der Waals surface area contributed by atoms with Gasteiger partial charge in [-0.2, -0.15) is 0 Å². The summed E-state index contributed by atoms with van der Waals surface area (Å²) in [6.45, 7) is 4.15. The summed E-state index contributed by atoms with van der Waals surface area (Å²) in [4.78, 5) is 12.3. The van der Waals surface area contributed by atoms with Crippen LogP contribution in [0, 0.1) is 0 Å². The molecule has 0 aromatic rings. The Hall–Kier alpha value is -0.910. The van der Waals surface area contributed by atoms with Gasteiger partial charge in [0, 0.05) is 6.42 Å². The van der Waals surface area contributed by atoms with E-state index in [1.807, 2.05) is 0 Å². The maximum absolute atomic E-state index is 12.3. The van der Waals surface area contributed by atoms with Crippen molar-refractivity contribution in [2.75, 3.05) is 6.61 Å². The number of hydrogen-bond acceptors (Lipinski definition) is 4. The Morgan fingerprint density at radius 3 is 1.35 bits per heavy atom. The number of nitrogens with one attached hydrogen (secondary N) is 1. The van der Waals surface area contributed by atoms with Gasteiger partial charge in [0.1, 0.15) is 6.10 Å². The molecule has 0 aromatic carbocycles. The maximum Gasteiger partial charge on any atom is 0.220 e. The molecule has 0 aliphatic carbocycles. The van der Waals surface area contributed by atoms with Gasteiger partial charge in [-0.25, -0.2) is 0 Å². The summed E-state index contributed by atoms with van der Waals surface area (Å²) in [5.74, 6) is -0.153. The zero-order chi connectivity index (χ0) is 31.6. The highest BCUT2D eigenvalue weighted by molar-refractivity contribution is 5.76. The number of carbonyl (C=O) groups is 1. The summed E-state index contributed by atoms with van der Waals surface area (Å²) in [5, 5.41) is 33.3. The Morgan fingerprint density at radius 1 is 0.558 bits per heavy atom. The summed E-state index contributed by atoms with van der Waals surface area (Å²) in [7, 11) is 0. The van der Waals surface area contributed by atoms with Crippen molar-refractivity contribution in [2.24, 2.45) is 0 Å². The maximum atomic E-state index is 12.3. The van der Waals surface area contributed by atoms with Crippen LogP contribution in [0.15, 0.2) is 12.2 Å². The highest BCUT2D eigenvalue weighted by Crippen LogP contribution is 2.15. The molecular formula is C38H75NO4. The predicted octanol–water partition coefficient (Wildman–Crippen LogP) is 10.1. The molecule has 5 heteroatoms. The molecule has 0 radical (unpaired) electrons. The molecule has 4 N–H and O–H groups in total. The summed E-state index contributed by atoms with van der Waals surface area (Å²) in [5.41, 5.74) is 0. The van der Waals surface area contributed by atoms with E-state index in [0.717, 1.165) is 38.5 Å². The summed E-state index contributed by atoms with van der Waals surface area (Å²) in [6.07, 6.45) is 37.3. The second-order valence-corrected chi connectivity index (χ2v) is 13.1. The lowest BCUT2D eigenvalue weighted by atomic mass is 10.0. The van der Waals surface area contributed by atoms with Gasteiger partial charge < -0.3 is 20.6 Å². The molecule has 1 amide bonds. The molecular weight excluding hydrogens is 534 g/mol. The molecule has 0 bridgehead atoms. The van der Waals surface area contributed by atoms with Gasteiger partial charge in [-0.3, -0.25) is 4.79 Å². The molecule has 0 unspecified atom stereocenters. The molecule has 0 heterocycles. The van der Waals surface area contributed by atoms with E-state index in [2.05, 4.69) is 31.3 Å². The Kier molecular flexibility index (Phi) is 33.3. The van der Waals surface area contributed by atoms with Crippen molar-refractivity contribution in [1.82, 2.24) is 5.32 Å². The quantitative estimate of drug-likeness (QED) is 0.0432. The largest absolute Gasteiger partial charge is 0.394 e. The van der Waals surface area contributed by atoms with Gasteiger partial charge >= 0.3 is 0 Å². The first kappa shape index (κ1) is 42.1. The predicted molar refractivity (Wildman–Crippen MR) is 185 cm³/mol. The second-order valence-electron chi connectivity index (χ2n) is 13.1. The molecule has 3 atom stereocenters. The Balaban J connectivity index is 3.68. The number of unbranched alkanes of at least 4 members (excludes halogenated alkanes) is 24. The van der Waals surface area contributed by atoms with E-state index in [-0.39, 0.29) is 12.5 Å². The zero-order valence-corrected chi connectivity index (χ0v) is 28.8. The lowest BCUT2D eigenvalue weighted by Crippen LogP contribution is -2.50. The Labute approximate surface area is 268 Å². The molecule has 0 rings (SSSR count). The van der Waals surface area contributed by atoms with Crippen molar-refractivity contribution >= 4 is 5.91 Å². The number of rotatable bonds is 34. The van der Waals surface area contributed by atoms with E-state index < -0.39 is 18.2 Å². The molecule has 0 aliphatic heterocycles.